The first-order valence-corrected chi connectivity index (χ1v) is 8.97. The Labute approximate surface area is 158 Å². The van der Waals surface area contributed by atoms with Gasteiger partial charge in [-0.3, -0.25) is 9.59 Å². The Morgan fingerprint density at radius 2 is 1.89 bits per heavy atom. The van der Waals surface area contributed by atoms with Crippen LogP contribution < -0.4 is 15.4 Å². The number of carbonyl (C=O) groups is 2. The zero-order valence-electron chi connectivity index (χ0n) is 15.5. The van der Waals surface area contributed by atoms with Gasteiger partial charge in [-0.1, -0.05) is 23.8 Å². The average molecular weight is 368 g/mol. The van der Waals surface area contributed by atoms with Crippen molar-refractivity contribution in [1.29, 1.82) is 0 Å². The van der Waals surface area contributed by atoms with Crippen molar-refractivity contribution in [3.05, 3.63) is 59.2 Å². The van der Waals surface area contributed by atoms with Gasteiger partial charge >= 0.3 is 11.8 Å². The number of hydrogen-bond donors (Lipinski definition) is 3. The molecule has 1 aliphatic carbocycles. The van der Waals surface area contributed by atoms with Gasteiger partial charge in [-0.25, -0.2) is 0 Å². The fraction of sp³-hybridized carbons (Fsp3) is 0.333. The third kappa shape index (κ3) is 4.28. The normalized spacial score (nSPS) is 18.3. The quantitative estimate of drug-likeness (QED) is 0.723. The number of rotatable bonds is 4. The largest absolute Gasteiger partial charge is 0.497 e. The van der Waals surface area contributed by atoms with Crippen LogP contribution in [-0.2, 0) is 21.6 Å². The van der Waals surface area contributed by atoms with Crippen LogP contribution in [0.2, 0.25) is 0 Å². The maximum atomic E-state index is 12.2. The van der Waals surface area contributed by atoms with Gasteiger partial charge in [0.15, 0.2) is 0 Å². The summed E-state index contributed by atoms with van der Waals surface area (Å²) in [7, 11) is 1.60. The summed E-state index contributed by atoms with van der Waals surface area (Å²) in [4.78, 5) is 24.2. The highest BCUT2D eigenvalue weighted by molar-refractivity contribution is 6.39. The molecule has 0 spiro atoms. The SMILES string of the molecule is COc1ccc2c(c1)CCCC2(O)CNC(=O)C(=O)Nc1ccc(C)cc1. The van der Waals surface area contributed by atoms with Crippen LogP contribution in [0.25, 0.3) is 0 Å². The summed E-state index contributed by atoms with van der Waals surface area (Å²) in [5, 5.41) is 16.2. The molecule has 0 bridgehead atoms. The Morgan fingerprint density at radius 1 is 1.15 bits per heavy atom. The van der Waals surface area contributed by atoms with Gasteiger partial charge < -0.3 is 20.5 Å². The number of fused-ring (bicyclic) bond motifs is 1. The van der Waals surface area contributed by atoms with Crippen molar-refractivity contribution in [2.45, 2.75) is 31.8 Å². The van der Waals surface area contributed by atoms with Gasteiger partial charge in [-0.05, 0) is 61.6 Å². The monoisotopic (exact) mass is 368 g/mol. The topological polar surface area (TPSA) is 87.7 Å². The molecule has 0 saturated carbocycles. The molecule has 3 rings (SSSR count). The summed E-state index contributed by atoms with van der Waals surface area (Å²) in [6.45, 7) is 1.92. The Morgan fingerprint density at radius 3 is 2.59 bits per heavy atom. The van der Waals surface area contributed by atoms with Crippen LogP contribution in [0.15, 0.2) is 42.5 Å². The van der Waals surface area contributed by atoms with E-state index in [-0.39, 0.29) is 6.54 Å². The third-order valence-corrected chi connectivity index (χ3v) is 4.91. The van der Waals surface area contributed by atoms with Gasteiger partial charge in [0.05, 0.1) is 13.7 Å². The van der Waals surface area contributed by atoms with E-state index in [4.69, 9.17) is 4.74 Å². The predicted molar refractivity (Wildman–Crippen MR) is 103 cm³/mol. The Bertz CT molecular complexity index is 848. The second-order valence-corrected chi connectivity index (χ2v) is 6.91. The minimum absolute atomic E-state index is 0.0213. The van der Waals surface area contributed by atoms with Crippen molar-refractivity contribution in [2.24, 2.45) is 0 Å². The minimum atomic E-state index is -1.19. The molecule has 0 radical (unpaired) electrons. The Kier molecular flexibility index (Phi) is 5.46. The first-order chi connectivity index (χ1) is 12.9. The van der Waals surface area contributed by atoms with E-state index >= 15 is 0 Å². The average Bonchev–Trinajstić information content (AvgIpc) is 2.67. The van der Waals surface area contributed by atoms with Crippen molar-refractivity contribution < 1.29 is 19.4 Å². The molecule has 1 unspecified atom stereocenters. The summed E-state index contributed by atoms with van der Waals surface area (Å²) < 4.78 is 5.24. The lowest BCUT2D eigenvalue weighted by atomic mass is 9.79. The number of ether oxygens (including phenoxy) is 1. The number of nitrogens with one attached hydrogen (secondary N) is 2. The lowest BCUT2D eigenvalue weighted by Crippen LogP contribution is -2.46. The van der Waals surface area contributed by atoms with Crippen molar-refractivity contribution in [2.75, 3.05) is 19.0 Å². The van der Waals surface area contributed by atoms with Crippen LogP contribution in [0, 0.1) is 6.92 Å². The molecular formula is C21H24N2O4. The smallest absolute Gasteiger partial charge is 0.313 e. The lowest BCUT2D eigenvalue weighted by molar-refractivity contribution is -0.137. The van der Waals surface area contributed by atoms with Gasteiger partial charge in [-0.2, -0.15) is 0 Å². The van der Waals surface area contributed by atoms with Crippen LogP contribution in [0.3, 0.4) is 0 Å². The van der Waals surface area contributed by atoms with Gasteiger partial charge in [0.2, 0.25) is 0 Å². The van der Waals surface area contributed by atoms with Crippen molar-refractivity contribution in [1.82, 2.24) is 5.32 Å². The van der Waals surface area contributed by atoms with E-state index in [0.717, 1.165) is 35.3 Å². The molecule has 3 N–H and O–H groups in total. The summed E-state index contributed by atoms with van der Waals surface area (Å²) in [6, 6.07) is 12.7. The van der Waals surface area contributed by atoms with Gasteiger partial charge in [-0.15, -0.1) is 0 Å². The predicted octanol–water partition coefficient (Wildman–Crippen LogP) is 2.28. The standard InChI is InChI=1S/C21H24N2O4/c1-14-5-7-16(8-6-14)23-20(25)19(24)22-13-21(26)11-3-4-15-12-17(27-2)9-10-18(15)21/h5-10,12,26H,3-4,11,13H2,1-2H3,(H,22,24)(H,23,25). The fourth-order valence-electron chi connectivity index (χ4n) is 3.38. The number of carbonyl (C=O) groups excluding carboxylic acids is 2. The number of hydrogen-bond acceptors (Lipinski definition) is 4. The molecule has 0 aromatic heterocycles. The molecule has 0 saturated heterocycles. The van der Waals surface area contributed by atoms with Crippen LogP contribution in [0.1, 0.15) is 29.5 Å². The van der Waals surface area contributed by atoms with Crippen molar-refractivity contribution in [3.8, 4) is 5.75 Å². The van der Waals surface area contributed by atoms with Gasteiger partial charge in [0, 0.05) is 5.69 Å². The van der Waals surface area contributed by atoms with E-state index in [2.05, 4.69) is 10.6 Å². The lowest BCUT2D eigenvalue weighted by Gasteiger charge is -2.34. The first-order valence-electron chi connectivity index (χ1n) is 8.97. The molecule has 2 aromatic rings. The zero-order valence-corrected chi connectivity index (χ0v) is 15.5. The molecule has 6 heteroatoms. The van der Waals surface area contributed by atoms with E-state index in [1.165, 1.54) is 0 Å². The number of benzene rings is 2. The molecule has 2 amide bonds. The first kappa shape index (κ1) is 18.9. The molecule has 142 valence electrons. The Balaban J connectivity index is 1.64. The summed E-state index contributed by atoms with van der Waals surface area (Å²) in [5.74, 6) is -0.794. The highest BCUT2D eigenvalue weighted by Gasteiger charge is 2.35. The molecule has 6 nitrogen and oxygen atoms in total. The number of anilines is 1. The highest BCUT2D eigenvalue weighted by Crippen LogP contribution is 2.36. The maximum Gasteiger partial charge on any atom is 0.313 e. The molecule has 0 heterocycles. The summed E-state index contributed by atoms with van der Waals surface area (Å²) in [5.41, 5.74) is 2.19. The van der Waals surface area contributed by atoms with E-state index in [9.17, 15) is 14.7 Å². The molecule has 1 aliphatic rings. The maximum absolute atomic E-state index is 12.2. The molecular weight excluding hydrogens is 344 g/mol. The van der Waals surface area contributed by atoms with Crippen LogP contribution in [0.5, 0.6) is 5.75 Å². The van der Waals surface area contributed by atoms with Gasteiger partial charge in [0.1, 0.15) is 11.4 Å². The minimum Gasteiger partial charge on any atom is -0.497 e. The number of amides is 2. The Hall–Kier alpha value is -2.86. The molecule has 27 heavy (non-hydrogen) atoms. The van der Waals surface area contributed by atoms with Crippen molar-refractivity contribution in [3.63, 3.8) is 0 Å². The van der Waals surface area contributed by atoms with E-state index in [0.29, 0.717) is 12.1 Å². The number of aliphatic hydroxyl groups is 1. The number of methoxy groups -OCH3 is 1. The van der Waals surface area contributed by atoms with Crippen LogP contribution >= 0.6 is 0 Å². The summed E-state index contributed by atoms with van der Waals surface area (Å²) >= 11 is 0. The van der Waals surface area contributed by atoms with Crippen LogP contribution in [0.4, 0.5) is 5.69 Å². The molecule has 0 aliphatic heterocycles. The zero-order chi connectivity index (χ0) is 19.4. The molecule has 2 aromatic carbocycles. The second kappa shape index (κ2) is 7.80. The summed E-state index contributed by atoms with van der Waals surface area (Å²) in [6.07, 6.45) is 2.16. The molecule has 1 atom stereocenters. The van der Waals surface area contributed by atoms with Gasteiger partial charge in [0.25, 0.3) is 0 Å². The second-order valence-electron chi connectivity index (χ2n) is 6.91. The molecule has 0 fully saturated rings. The highest BCUT2D eigenvalue weighted by atomic mass is 16.5. The fourth-order valence-corrected chi connectivity index (χ4v) is 3.38. The van der Waals surface area contributed by atoms with E-state index < -0.39 is 17.4 Å². The van der Waals surface area contributed by atoms with E-state index in [1.807, 2.05) is 31.2 Å². The third-order valence-electron chi connectivity index (χ3n) is 4.91. The van der Waals surface area contributed by atoms with E-state index in [1.54, 1.807) is 25.3 Å². The van der Waals surface area contributed by atoms with Crippen LogP contribution in [-0.4, -0.2) is 30.6 Å². The van der Waals surface area contributed by atoms with Crippen molar-refractivity contribution >= 4 is 17.5 Å². The number of aryl methyl sites for hydroxylation is 2.